The molecule has 0 rings (SSSR count). The summed E-state index contributed by atoms with van der Waals surface area (Å²) in [5.74, 6) is -2.49. The molecule has 0 unspecified atom stereocenters. The van der Waals surface area contributed by atoms with Gasteiger partial charge in [0.05, 0.1) is 5.41 Å². The highest BCUT2D eigenvalue weighted by Gasteiger charge is 2.56. The summed E-state index contributed by atoms with van der Waals surface area (Å²) in [6.45, 7) is 3.37. The first-order valence-corrected chi connectivity index (χ1v) is 4.78. The van der Waals surface area contributed by atoms with Crippen molar-refractivity contribution in [1.29, 1.82) is 0 Å². The summed E-state index contributed by atoms with van der Waals surface area (Å²) in [4.78, 5) is 0. The number of hydrogen-bond donors (Lipinski definition) is 4. The number of halogens is 2. The average molecular weight is 231 g/mol. The van der Waals surface area contributed by atoms with Gasteiger partial charge in [0.15, 0.2) is 4.46 Å². The molecule has 80 valence electrons. The molecule has 0 atom stereocenters. The standard InChI is InChI=1S/C7H16Cl2N2O2/c1-3-5(4-2,6(8,9)10)7(11,12)13/h12-13H,3-4,10-11H2,1-2H3. The van der Waals surface area contributed by atoms with Gasteiger partial charge in [-0.2, -0.15) is 0 Å². The highest BCUT2D eigenvalue weighted by molar-refractivity contribution is 6.48. The van der Waals surface area contributed by atoms with E-state index >= 15 is 0 Å². The largest absolute Gasteiger partial charge is 0.353 e. The van der Waals surface area contributed by atoms with Crippen molar-refractivity contribution in [3.8, 4) is 0 Å². The van der Waals surface area contributed by atoms with E-state index in [1.807, 2.05) is 0 Å². The minimum absolute atomic E-state index is 0.260. The summed E-state index contributed by atoms with van der Waals surface area (Å²) in [5, 5.41) is 18.7. The predicted octanol–water partition coefficient (Wildman–Crippen LogP) is 0.480. The molecule has 0 saturated heterocycles. The van der Waals surface area contributed by atoms with Crippen molar-refractivity contribution < 1.29 is 10.2 Å². The average Bonchev–Trinajstić information content (AvgIpc) is 1.84. The van der Waals surface area contributed by atoms with E-state index in [0.29, 0.717) is 0 Å². The first-order valence-electron chi connectivity index (χ1n) is 4.02. The van der Waals surface area contributed by atoms with Crippen molar-refractivity contribution in [2.24, 2.45) is 16.9 Å². The number of nitrogens with two attached hydrogens (primary N) is 2. The number of hydrogen-bond acceptors (Lipinski definition) is 4. The topological polar surface area (TPSA) is 92.5 Å². The van der Waals surface area contributed by atoms with Crippen LogP contribution in [-0.2, 0) is 0 Å². The second kappa shape index (κ2) is 3.88. The highest BCUT2D eigenvalue weighted by atomic mass is 35.5. The van der Waals surface area contributed by atoms with Gasteiger partial charge in [0.25, 0.3) is 0 Å². The number of rotatable bonds is 4. The van der Waals surface area contributed by atoms with Gasteiger partial charge in [0.1, 0.15) is 0 Å². The Labute approximate surface area is 87.8 Å². The van der Waals surface area contributed by atoms with E-state index in [4.69, 9.17) is 34.7 Å². The highest BCUT2D eigenvalue weighted by Crippen LogP contribution is 2.47. The Kier molecular flexibility index (Phi) is 4.01. The van der Waals surface area contributed by atoms with Crippen molar-refractivity contribution in [3.63, 3.8) is 0 Å². The van der Waals surface area contributed by atoms with E-state index in [0.717, 1.165) is 0 Å². The second-order valence-corrected chi connectivity index (χ2v) is 4.52. The predicted molar refractivity (Wildman–Crippen MR) is 53.0 cm³/mol. The van der Waals surface area contributed by atoms with Crippen LogP contribution in [0, 0.1) is 5.41 Å². The van der Waals surface area contributed by atoms with Gasteiger partial charge >= 0.3 is 0 Å². The van der Waals surface area contributed by atoms with Crippen molar-refractivity contribution in [1.82, 2.24) is 0 Å². The second-order valence-electron chi connectivity index (χ2n) is 3.14. The lowest BCUT2D eigenvalue weighted by atomic mass is 9.78. The zero-order valence-electron chi connectivity index (χ0n) is 7.72. The molecule has 0 fully saturated rings. The SMILES string of the molecule is CCC(CC)(C(N)(O)O)C(N)(Cl)Cl. The summed E-state index contributed by atoms with van der Waals surface area (Å²) in [6, 6.07) is 0. The van der Waals surface area contributed by atoms with Crippen molar-refractivity contribution in [2.45, 2.75) is 37.1 Å². The summed E-state index contributed by atoms with van der Waals surface area (Å²) >= 11 is 11.4. The van der Waals surface area contributed by atoms with Crippen LogP contribution in [0.1, 0.15) is 26.7 Å². The van der Waals surface area contributed by atoms with E-state index in [9.17, 15) is 10.2 Å². The van der Waals surface area contributed by atoms with E-state index < -0.39 is 15.8 Å². The van der Waals surface area contributed by atoms with Gasteiger partial charge in [-0.3, -0.25) is 11.5 Å². The molecule has 0 radical (unpaired) electrons. The summed E-state index contributed by atoms with van der Waals surface area (Å²) in [6.07, 6.45) is 0.521. The van der Waals surface area contributed by atoms with Crippen LogP contribution in [0.3, 0.4) is 0 Å². The minimum Gasteiger partial charge on any atom is -0.353 e. The quantitative estimate of drug-likeness (QED) is 0.321. The molecule has 0 aromatic rings. The molecule has 0 heterocycles. The van der Waals surface area contributed by atoms with Gasteiger partial charge < -0.3 is 10.2 Å². The molecule has 0 amide bonds. The Morgan fingerprint density at radius 3 is 1.38 bits per heavy atom. The fourth-order valence-corrected chi connectivity index (χ4v) is 2.30. The minimum atomic E-state index is -2.49. The van der Waals surface area contributed by atoms with Crippen LogP contribution in [-0.4, -0.2) is 20.6 Å². The molecular weight excluding hydrogens is 215 g/mol. The lowest BCUT2D eigenvalue weighted by Gasteiger charge is -2.45. The van der Waals surface area contributed by atoms with Crippen molar-refractivity contribution >= 4 is 23.2 Å². The van der Waals surface area contributed by atoms with Gasteiger partial charge in [0, 0.05) is 0 Å². The van der Waals surface area contributed by atoms with Crippen LogP contribution in [0.5, 0.6) is 0 Å². The van der Waals surface area contributed by atoms with Crippen LogP contribution in [0.25, 0.3) is 0 Å². The molecule has 0 aromatic carbocycles. The molecule has 4 nitrogen and oxygen atoms in total. The maximum Gasteiger partial charge on any atom is 0.230 e. The number of alkyl halides is 2. The molecule has 0 aromatic heterocycles. The summed E-state index contributed by atoms with van der Waals surface area (Å²) in [5.41, 5.74) is 9.29. The monoisotopic (exact) mass is 230 g/mol. The summed E-state index contributed by atoms with van der Waals surface area (Å²) < 4.78 is -1.78. The van der Waals surface area contributed by atoms with E-state index in [-0.39, 0.29) is 12.8 Å². The Morgan fingerprint density at radius 2 is 1.38 bits per heavy atom. The van der Waals surface area contributed by atoms with E-state index in [1.165, 1.54) is 0 Å². The smallest absolute Gasteiger partial charge is 0.230 e. The van der Waals surface area contributed by atoms with Gasteiger partial charge in [-0.15, -0.1) is 0 Å². The number of aliphatic hydroxyl groups is 2. The van der Waals surface area contributed by atoms with Crippen LogP contribution in [0.4, 0.5) is 0 Å². The fourth-order valence-electron chi connectivity index (χ4n) is 1.49. The molecule has 0 aliphatic heterocycles. The molecule has 0 aliphatic carbocycles. The fraction of sp³-hybridized carbons (Fsp3) is 1.00. The molecule has 0 saturated carbocycles. The Balaban J connectivity index is 5.17. The van der Waals surface area contributed by atoms with Crippen molar-refractivity contribution in [2.75, 3.05) is 0 Å². The van der Waals surface area contributed by atoms with Gasteiger partial charge in [0.2, 0.25) is 5.91 Å². The van der Waals surface area contributed by atoms with E-state index in [2.05, 4.69) is 0 Å². The molecule has 13 heavy (non-hydrogen) atoms. The molecule has 6 heteroatoms. The molecule has 0 bridgehead atoms. The van der Waals surface area contributed by atoms with Gasteiger partial charge in [-0.1, -0.05) is 37.0 Å². The summed E-state index contributed by atoms with van der Waals surface area (Å²) in [7, 11) is 0. The zero-order valence-corrected chi connectivity index (χ0v) is 9.23. The molecule has 0 aliphatic rings. The Morgan fingerprint density at radius 1 is 1.08 bits per heavy atom. The first-order chi connectivity index (χ1) is 5.62. The third kappa shape index (κ3) is 2.26. The zero-order chi connectivity index (χ0) is 10.9. The molecule has 6 N–H and O–H groups in total. The first kappa shape index (κ1) is 13.4. The van der Waals surface area contributed by atoms with Crippen molar-refractivity contribution in [3.05, 3.63) is 0 Å². The normalized spacial score (nSPS) is 14.8. The third-order valence-corrected chi connectivity index (χ3v) is 3.27. The van der Waals surface area contributed by atoms with Crippen LogP contribution >= 0.6 is 23.2 Å². The maximum atomic E-state index is 9.35. The molecular formula is C7H16Cl2N2O2. The van der Waals surface area contributed by atoms with Crippen LogP contribution in [0.15, 0.2) is 0 Å². The molecule has 0 spiro atoms. The Bertz CT molecular complexity index is 154. The lowest BCUT2D eigenvalue weighted by Crippen LogP contribution is -2.65. The lowest BCUT2D eigenvalue weighted by molar-refractivity contribution is -0.246. The van der Waals surface area contributed by atoms with Crippen LogP contribution in [0.2, 0.25) is 0 Å². The maximum absolute atomic E-state index is 9.35. The third-order valence-electron chi connectivity index (χ3n) is 2.55. The van der Waals surface area contributed by atoms with E-state index in [1.54, 1.807) is 13.8 Å². The Hall–Kier alpha value is 0.420. The van der Waals surface area contributed by atoms with Gasteiger partial charge in [-0.25, -0.2) is 0 Å². The van der Waals surface area contributed by atoms with Crippen LogP contribution < -0.4 is 11.5 Å². The van der Waals surface area contributed by atoms with Gasteiger partial charge in [-0.05, 0) is 12.8 Å².